The molecule has 0 aromatic carbocycles. The van der Waals surface area contributed by atoms with Crippen LogP contribution >= 0.6 is 11.6 Å². The molecule has 0 amide bonds. The summed E-state index contributed by atoms with van der Waals surface area (Å²) >= 11 is 6.12. The lowest BCUT2D eigenvalue weighted by Gasteiger charge is -2.24. The maximum atomic E-state index is 6.12. The molecule has 1 aliphatic rings. The van der Waals surface area contributed by atoms with Crippen LogP contribution in [-0.2, 0) is 0 Å². The molecule has 1 aliphatic heterocycles. The van der Waals surface area contributed by atoms with Crippen molar-refractivity contribution in [2.45, 2.75) is 12.8 Å². The Kier molecular flexibility index (Phi) is 3.15. The minimum absolute atomic E-state index is 0.898. The molecular formula is C9H16ClN2+. The second-order valence-electron chi connectivity index (χ2n) is 3.43. The van der Waals surface area contributed by atoms with Crippen LogP contribution in [0.3, 0.4) is 0 Å². The van der Waals surface area contributed by atoms with Crippen LogP contribution in [0.4, 0.5) is 0 Å². The fourth-order valence-corrected chi connectivity index (χ4v) is 1.61. The molecule has 0 aliphatic carbocycles. The third-order valence-electron chi connectivity index (χ3n) is 1.95. The summed E-state index contributed by atoms with van der Waals surface area (Å²) in [5.74, 6) is 0. The molecule has 0 saturated carbocycles. The SMILES string of the molecule is CN1CCCC(C=[N+](C)C)=C1Cl. The Hall–Kier alpha value is -0.500. The first kappa shape index (κ1) is 9.59. The number of halogens is 1. The standard InChI is InChI=1S/C9H16ClN2/c1-11(2)7-8-5-4-6-12(3)9(8)10/h7H,4-6H2,1-3H3/q+1. The third kappa shape index (κ3) is 2.24. The van der Waals surface area contributed by atoms with Crippen molar-refractivity contribution in [2.75, 3.05) is 27.7 Å². The smallest absolute Gasteiger partial charge is 0.169 e. The molecule has 2 nitrogen and oxygen atoms in total. The van der Waals surface area contributed by atoms with E-state index in [1.165, 1.54) is 12.0 Å². The van der Waals surface area contributed by atoms with E-state index in [1.807, 2.05) is 25.7 Å². The van der Waals surface area contributed by atoms with Crippen molar-refractivity contribution in [2.24, 2.45) is 0 Å². The quantitative estimate of drug-likeness (QED) is 0.343. The van der Waals surface area contributed by atoms with E-state index < -0.39 is 0 Å². The number of rotatable bonds is 1. The van der Waals surface area contributed by atoms with Crippen LogP contribution in [0.15, 0.2) is 10.7 Å². The Balaban J connectivity index is 2.86. The molecule has 0 aromatic heterocycles. The lowest BCUT2D eigenvalue weighted by Crippen LogP contribution is -2.23. The van der Waals surface area contributed by atoms with E-state index in [9.17, 15) is 0 Å². The average Bonchev–Trinajstić information content (AvgIpc) is 1.98. The predicted molar refractivity (Wildman–Crippen MR) is 52.9 cm³/mol. The molecule has 12 heavy (non-hydrogen) atoms. The van der Waals surface area contributed by atoms with Crippen molar-refractivity contribution < 1.29 is 4.58 Å². The molecule has 3 heteroatoms. The predicted octanol–water partition coefficient (Wildman–Crippen LogP) is 1.51. The first-order valence-corrected chi connectivity index (χ1v) is 4.60. The van der Waals surface area contributed by atoms with Crippen molar-refractivity contribution in [3.63, 3.8) is 0 Å². The topological polar surface area (TPSA) is 6.25 Å². The molecule has 0 bridgehead atoms. The summed E-state index contributed by atoms with van der Waals surface area (Å²) in [6.45, 7) is 1.07. The fraction of sp³-hybridized carbons (Fsp3) is 0.667. The first-order valence-electron chi connectivity index (χ1n) is 4.22. The van der Waals surface area contributed by atoms with Crippen LogP contribution in [0, 0.1) is 0 Å². The van der Waals surface area contributed by atoms with Gasteiger partial charge in [-0.3, -0.25) is 0 Å². The Labute approximate surface area is 79.1 Å². The summed E-state index contributed by atoms with van der Waals surface area (Å²) in [6.07, 6.45) is 4.39. The van der Waals surface area contributed by atoms with E-state index in [2.05, 4.69) is 11.1 Å². The van der Waals surface area contributed by atoms with E-state index in [0.717, 1.165) is 18.1 Å². The number of hydrogen-bond acceptors (Lipinski definition) is 1. The van der Waals surface area contributed by atoms with Gasteiger partial charge in [0.1, 0.15) is 19.3 Å². The Morgan fingerprint density at radius 1 is 1.50 bits per heavy atom. The molecule has 0 atom stereocenters. The zero-order valence-electron chi connectivity index (χ0n) is 7.97. The highest BCUT2D eigenvalue weighted by Crippen LogP contribution is 2.21. The van der Waals surface area contributed by atoms with Crippen LogP contribution in [0.25, 0.3) is 0 Å². The van der Waals surface area contributed by atoms with E-state index in [0.29, 0.717) is 0 Å². The number of nitrogens with zero attached hydrogens (tertiary/aromatic N) is 2. The molecule has 68 valence electrons. The average molecular weight is 188 g/mol. The Morgan fingerprint density at radius 2 is 2.17 bits per heavy atom. The first-order chi connectivity index (χ1) is 5.61. The Bertz CT molecular complexity index is 227. The molecule has 0 aromatic rings. The Morgan fingerprint density at radius 3 is 2.75 bits per heavy atom. The van der Waals surface area contributed by atoms with Crippen LogP contribution in [-0.4, -0.2) is 43.4 Å². The largest absolute Gasteiger partial charge is 0.365 e. The molecule has 1 heterocycles. The molecular weight excluding hydrogens is 172 g/mol. The van der Waals surface area contributed by atoms with Gasteiger partial charge >= 0.3 is 0 Å². The van der Waals surface area contributed by atoms with Crippen molar-refractivity contribution in [3.05, 3.63) is 10.7 Å². The van der Waals surface area contributed by atoms with Gasteiger partial charge in [0.25, 0.3) is 0 Å². The van der Waals surface area contributed by atoms with Gasteiger partial charge < -0.3 is 4.90 Å². The van der Waals surface area contributed by atoms with Crippen molar-refractivity contribution in [3.8, 4) is 0 Å². The minimum Gasteiger partial charge on any atom is -0.365 e. The summed E-state index contributed by atoms with van der Waals surface area (Å²) in [7, 11) is 6.07. The molecule has 0 N–H and O–H groups in total. The van der Waals surface area contributed by atoms with Crippen LogP contribution in [0.5, 0.6) is 0 Å². The molecule has 0 fully saturated rings. The van der Waals surface area contributed by atoms with Crippen molar-refractivity contribution >= 4 is 17.8 Å². The maximum absolute atomic E-state index is 6.12. The summed E-state index contributed by atoms with van der Waals surface area (Å²) < 4.78 is 2.04. The van der Waals surface area contributed by atoms with E-state index in [-0.39, 0.29) is 0 Å². The second kappa shape index (κ2) is 3.94. The van der Waals surface area contributed by atoms with Gasteiger partial charge in [0.05, 0.1) is 5.57 Å². The van der Waals surface area contributed by atoms with Gasteiger partial charge in [-0.25, -0.2) is 4.58 Å². The highest BCUT2D eigenvalue weighted by molar-refractivity contribution is 6.30. The maximum Gasteiger partial charge on any atom is 0.169 e. The van der Waals surface area contributed by atoms with E-state index >= 15 is 0 Å². The molecule has 0 spiro atoms. The zero-order valence-corrected chi connectivity index (χ0v) is 8.73. The molecule has 0 unspecified atom stereocenters. The van der Waals surface area contributed by atoms with Gasteiger partial charge in [-0.15, -0.1) is 0 Å². The lowest BCUT2D eigenvalue weighted by molar-refractivity contribution is -0.459. The molecule has 0 saturated heterocycles. The summed E-state index contributed by atoms with van der Waals surface area (Å²) in [6, 6.07) is 0. The van der Waals surface area contributed by atoms with Gasteiger partial charge in [0.2, 0.25) is 0 Å². The third-order valence-corrected chi connectivity index (χ3v) is 2.49. The summed E-state index contributed by atoms with van der Waals surface area (Å²) in [5, 5.41) is 0.898. The normalized spacial score (nSPS) is 18.2. The van der Waals surface area contributed by atoms with Crippen LogP contribution < -0.4 is 0 Å². The highest BCUT2D eigenvalue weighted by atomic mass is 35.5. The number of hydrogen-bond donors (Lipinski definition) is 0. The van der Waals surface area contributed by atoms with Gasteiger partial charge in [0, 0.05) is 13.6 Å². The fourth-order valence-electron chi connectivity index (χ4n) is 1.38. The van der Waals surface area contributed by atoms with Crippen LogP contribution in [0.1, 0.15) is 12.8 Å². The van der Waals surface area contributed by atoms with Crippen molar-refractivity contribution in [1.82, 2.24) is 4.90 Å². The molecule has 1 rings (SSSR count). The van der Waals surface area contributed by atoms with Crippen molar-refractivity contribution in [1.29, 1.82) is 0 Å². The summed E-state index contributed by atoms with van der Waals surface area (Å²) in [4.78, 5) is 2.10. The summed E-state index contributed by atoms with van der Waals surface area (Å²) in [5.41, 5.74) is 1.25. The zero-order chi connectivity index (χ0) is 9.14. The molecule has 0 radical (unpaired) electrons. The van der Waals surface area contributed by atoms with Crippen LogP contribution in [0.2, 0.25) is 0 Å². The van der Waals surface area contributed by atoms with Gasteiger partial charge in [-0.05, 0) is 12.8 Å². The van der Waals surface area contributed by atoms with Gasteiger partial charge in [-0.2, -0.15) is 0 Å². The lowest BCUT2D eigenvalue weighted by atomic mass is 10.1. The van der Waals surface area contributed by atoms with E-state index in [1.54, 1.807) is 0 Å². The minimum atomic E-state index is 0.898. The number of allylic oxidation sites excluding steroid dienone is 1. The van der Waals surface area contributed by atoms with Gasteiger partial charge in [-0.1, -0.05) is 11.6 Å². The van der Waals surface area contributed by atoms with Gasteiger partial charge in [0.15, 0.2) is 6.21 Å². The monoisotopic (exact) mass is 187 g/mol. The van der Waals surface area contributed by atoms with E-state index in [4.69, 9.17) is 11.6 Å². The second-order valence-corrected chi connectivity index (χ2v) is 3.79. The highest BCUT2D eigenvalue weighted by Gasteiger charge is 2.15.